The van der Waals surface area contributed by atoms with Gasteiger partial charge in [0.25, 0.3) is 0 Å². The standard InChI is InChI=1S/C29H33FN4O5S/c1-29(2,3)27-25-26(18-6-11-21-22(14-18)39-17-38-21)40-16-24(36)33(15-23(35)31-12-5-13-37-4)28(25)34(32-27)20-9-7-19(30)8-10-20/h6-11,14,26H,5,12-13,15-17H2,1-4H3,(H,31,35)/t26-/m0/s1. The third kappa shape index (κ3) is 5.66. The van der Waals surface area contributed by atoms with Gasteiger partial charge in [0.15, 0.2) is 11.5 Å². The minimum absolute atomic E-state index is 0.151. The second-order valence-corrected chi connectivity index (χ2v) is 11.8. The number of halogens is 1. The summed E-state index contributed by atoms with van der Waals surface area (Å²) in [5, 5.41) is 7.61. The summed E-state index contributed by atoms with van der Waals surface area (Å²) in [6.07, 6.45) is 0.658. The van der Waals surface area contributed by atoms with E-state index < -0.39 is 5.41 Å². The Kier molecular flexibility index (Phi) is 8.04. The number of ether oxygens (including phenoxy) is 3. The van der Waals surface area contributed by atoms with Crippen LogP contribution in [0.5, 0.6) is 11.5 Å². The van der Waals surface area contributed by atoms with E-state index in [2.05, 4.69) is 26.1 Å². The molecule has 2 aliphatic heterocycles. The van der Waals surface area contributed by atoms with Gasteiger partial charge in [-0.1, -0.05) is 26.8 Å². The highest BCUT2D eigenvalue weighted by molar-refractivity contribution is 8.00. The Morgan fingerprint density at radius 1 is 1.18 bits per heavy atom. The number of anilines is 1. The summed E-state index contributed by atoms with van der Waals surface area (Å²) in [5.41, 5.74) is 2.72. The molecule has 0 radical (unpaired) electrons. The number of hydrogen-bond acceptors (Lipinski definition) is 7. The highest BCUT2D eigenvalue weighted by Crippen LogP contribution is 2.49. The molecular weight excluding hydrogens is 535 g/mol. The number of aromatic nitrogens is 2. The van der Waals surface area contributed by atoms with Crippen molar-refractivity contribution >= 4 is 29.4 Å². The van der Waals surface area contributed by atoms with Crippen LogP contribution < -0.4 is 19.7 Å². The summed E-state index contributed by atoms with van der Waals surface area (Å²) in [4.78, 5) is 28.3. The lowest BCUT2D eigenvalue weighted by Gasteiger charge is -2.24. The third-order valence-electron chi connectivity index (χ3n) is 6.72. The zero-order valence-electron chi connectivity index (χ0n) is 23.0. The number of rotatable bonds is 8. The largest absolute Gasteiger partial charge is 0.454 e. The number of thioether (sulfide) groups is 1. The van der Waals surface area contributed by atoms with Crippen molar-refractivity contribution in [2.45, 2.75) is 37.9 Å². The summed E-state index contributed by atoms with van der Waals surface area (Å²) < 4.78 is 31.8. The van der Waals surface area contributed by atoms with E-state index >= 15 is 0 Å². The lowest BCUT2D eigenvalue weighted by atomic mass is 9.87. The minimum Gasteiger partial charge on any atom is -0.454 e. The first-order valence-electron chi connectivity index (χ1n) is 13.1. The lowest BCUT2D eigenvalue weighted by molar-refractivity contribution is -0.122. The average molecular weight is 569 g/mol. The van der Waals surface area contributed by atoms with Crippen LogP contribution in [0.3, 0.4) is 0 Å². The van der Waals surface area contributed by atoms with Crippen LogP contribution in [0.15, 0.2) is 42.5 Å². The topological polar surface area (TPSA) is 94.9 Å². The second-order valence-electron chi connectivity index (χ2n) is 10.7. The number of nitrogens with zero attached hydrogens (tertiary/aromatic N) is 3. The Morgan fingerprint density at radius 2 is 1.93 bits per heavy atom. The average Bonchev–Trinajstić information content (AvgIpc) is 3.52. The Bertz CT molecular complexity index is 1400. The number of nitrogens with one attached hydrogen (secondary N) is 1. The molecule has 0 unspecified atom stereocenters. The molecule has 3 aromatic rings. The van der Waals surface area contributed by atoms with Crippen molar-refractivity contribution in [1.82, 2.24) is 15.1 Å². The molecule has 2 aliphatic rings. The molecule has 0 saturated heterocycles. The van der Waals surface area contributed by atoms with E-state index in [1.807, 2.05) is 18.2 Å². The molecule has 11 heteroatoms. The Hall–Kier alpha value is -3.57. The molecule has 1 N–H and O–H groups in total. The van der Waals surface area contributed by atoms with Gasteiger partial charge in [-0.05, 0) is 48.4 Å². The van der Waals surface area contributed by atoms with Gasteiger partial charge in [-0.3, -0.25) is 14.5 Å². The zero-order valence-corrected chi connectivity index (χ0v) is 23.8. The van der Waals surface area contributed by atoms with Crippen LogP contribution in [0.1, 0.15) is 49.3 Å². The van der Waals surface area contributed by atoms with Crippen LogP contribution in [-0.4, -0.2) is 60.9 Å². The fourth-order valence-electron chi connectivity index (χ4n) is 4.82. The zero-order chi connectivity index (χ0) is 28.4. The maximum absolute atomic E-state index is 13.9. The Balaban J connectivity index is 1.66. The molecule has 212 valence electrons. The Labute approximate surface area is 237 Å². The van der Waals surface area contributed by atoms with Crippen LogP contribution in [0.25, 0.3) is 5.69 Å². The van der Waals surface area contributed by atoms with E-state index in [-0.39, 0.29) is 42.0 Å². The van der Waals surface area contributed by atoms with E-state index in [0.29, 0.717) is 42.6 Å². The first kappa shape index (κ1) is 28.0. The fourth-order valence-corrected chi connectivity index (χ4v) is 6.01. The monoisotopic (exact) mass is 568 g/mol. The SMILES string of the molecule is COCCCNC(=O)CN1C(=O)CS[C@@H](c2ccc3c(c2)OCO3)c2c(C(C)(C)C)nn(-c3ccc(F)cc3)c21. The van der Waals surface area contributed by atoms with E-state index in [9.17, 15) is 14.0 Å². The van der Waals surface area contributed by atoms with Gasteiger partial charge < -0.3 is 19.5 Å². The molecule has 0 aliphatic carbocycles. The van der Waals surface area contributed by atoms with Crippen molar-refractivity contribution in [1.29, 1.82) is 0 Å². The third-order valence-corrected chi connectivity index (χ3v) is 7.97. The predicted octanol–water partition coefficient (Wildman–Crippen LogP) is 4.36. The van der Waals surface area contributed by atoms with Crippen LogP contribution in [0.4, 0.5) is 10.2 Å². The van der Waals surface area contributed by atoms with Crippen LogP contribution >= 0.6 is 11.8 Å². The fraction of sp³-hybridized carbons (Fsp3) is 0.414. The molecule has 9 nitrogen and oxygen atoms in total. The molecule has 0 bridgehead atoms. The number of carbonyl (C=O) groups excluding carboxylic acids is 2. The molecule has 0 saturated carbocycles. The molecule has 1 atom stereocenters. The van der Waals surface area contributed by atoms with Gasteiger partial charge in [-0.2, -0.15) is 5.10 Å². The number of benzene rings is 2. The summed E-state index contributed by atoms with van der Waals surface area (Å²) in [5.74, 6) is 1.08. The predicted molar refractivity (Wildman–Crippen MR) is 151 cm³/mol. The van der Waals surface area contributed by atoms with E-state index in [0.717, 1.165) is 16.8 Å². The first-order valence-corrected chi connectivity index (χ1v) is 14.2. The van der Waals surface area contributed by atoms with Gasteiger partial charge in [0.05, 0.1) is 22.4 Å². The van der Waals surface area contributed by atoms with Crippen molar-refractivity contribution in [2.24, 2.45) is 0 Å². The van der Waals surface area contributed by atoms with Crippen molar-refractivity contribution < 1.29 is 28.2 Å². The van der Waals surface area contributed by atoms with E-state index in [1.54, 1.807) is 23.9 Å². The molecule has 2 aromatic carbocycles. The Morgan fingerprint density at radius 3 is 2.65 bits per heavy atom. The van der Waals surface area contributed by atoms with E-state index in [1.165, 1.54) is 28.8 Å². The number of amides is 2. The van der Waals surface area contributed by atoms with Crippen LogP contribution in [-0.2, 0) is 19.7 Å². The lowest BCUT2D eigenvalue weighted by Crippen LogP contribution is -2.42. The summed E-state index contributed by atoms with van der Waals surface area (Å²) in [6, 6.07) is 11.7. The van der Waals surface area contributed by atoms with Crippen molar-refractivity contribution in [3.8, 4) is 17.2 Å². The van der Waals surface area contributed by atoms with Gasteiger partial charge in [0.1, 0.15) is 18.2 Å². The number of carbonyl (C=O) groups is 2. The second kappa shape index (κ2) is 11.5. The normalized spacial score (nSPS) is 16.6. The molecule has 40 heavy (non-hydrogen) atoms. The molecule has 0 spiro atoms. The van der Waals surface area contributed by atoms with Gasteiger partial charge in [0.2, 0.25) is 18.6 Å². The molecule has 0 fully saturated rings. The van der Waals surface area contributed by atoms with Gasteiger partial charge in [0, 0.05) is 31.2 Å². The van der Waals surface area contributed by atoms with Gasteiger partial charge in [-0.15, -0.1) is 11.8 Å². The maximum atomic E-state index is 13.9. The van der Waals surface area contributed by atoms with Crippen LogP contribution in [0.2, 0.25) is 0 Å². The molecule has 3 heterocycles. The number of fused-ring (bicyclic) bond motifs is 2. The summed E-state index contributed by atoms with van der Waals surface area (Å²) >= 11 is 1.48. The number of hydrogen-bond donors (Lipinski definition) is 1. The van der Waals surface area contributed by atoms with Gasteiger partial charge >= 0.3 is 0 Å². The number of methoxy groups -OCH3 is 1. The highest BCUT2D eigenvalue weighted by Gasteiger charge is 2.40. The van der Waals surface area contributed by atoms with Crippen molar-refractivity contribution in [3.63, 3.8) is 0 Å². The smallest absolute Gasteiger partial charge is 0.240 e. The molecule has 1 aromatic heterocycles. The molecule has 2 amide bonds. The van der Waals surface area contributed by atoms with Crippen molar-refractivity contribution in [2.75, 3.05) is 44.3 Å². The quantitative estimate of drug-likeness (QED) is 0.404. The molecular formula is C29H33FN4O5S. The maximum Gasteiger partial charge on any atom is 0.240 e. The highest BCUT2D eigenvalue weighted by atomic mass is 32.2. The summed E-state index contributed by atoms with van der Waals surface area (Å²) in [6.45, 7) is 7.11. The van der Waals surface area contributed by atoms with Crippen LogP contribution in [0, 0.1) is 5.82 Å². The van der Waals surface area contributed by atoms with E-state index in [4.69, 9.17) is 19.3 Å². The van der Waals surface area contributed by atoms with Crippen molar-refractivity contribution in [3.05, 3.63) is 65.1 Å². The molecule has 5 rings (SSSR count). The summed E-state index contributed by atoms with van der Waals surface area (Å²) in [7, 11) is 1.61. The first-order chi connectivity index (χ1) is 19.2. The minimum atomic E-state index is -0.411. The van der Waals surface area contributed by atoms with Gasteiger partial charge in [-0.25, -0.2) is 9.07 Å².